The highest BCUT2D eigenvalue weighted by molar-refractivity contribution is 5.75. The van der Waals surface area contributed by atoms with E-state index in [2.05, 4.69) is 20.3 Å². The molecule has 1 aromatic carbocycles. The van der Waals surface area contributed by atoms with E-state index in [0.29, 0.717) is 11.4 Å². The molecule has 5 N–H and O–H groups in total. The van der Waals surface area contributed by atoms with E-state index in [9.17, 15) is 20.1 Å². The number of aromatic nitrogens is 4. The molecule has 3 heterocycles. The summed E-state index contributed by atoms with van der Waals surface area (Å²) in [7, 11) is 1.56. The van der Waals surface area contributed by atoms with Crippen molar-refractivity contribution >= 4 is 22.8 Å². The summed E-state index contributed by atoms with van der Waals surface area (Å²) in [5.74, 6) is 0.847. The van der Waals surface area contributed by atoms with Gasteiger partial charge in [0.15, 0.2) is 17.4 Å². The van der Waals surface area contributed by atoms with Crippen LogP contribution in [0.25, 0.3) is 11.2 Å². The van der Waals surface area contributed by atoms with Gasteiger partial charge in [0, 0.05) is 5.69 Å². The van der Waals surface area contributed by atoms with Crippen molar-refractivity contribution in [3.8, 4) is 5.75 Å². The van der Waals surface area contributed by atoms with Crippen LogP contribution in [-0.2, 0) is 4.74 Å². The van der Waals surface area contributed by atoms with Crippen molar-refractivity contribution in [2.75, 3.05) is 19.0 Å². The number of nitrogens with one attached hydrogen (secondary N) is 2. The summed E-state index contributed by atoms with van der Waals surface area (Å²) in [5.41, 5.74) is 0.375. The molecule has 148 valence electrons. The SMILES string of the molecule is COc1ccc(Nc2nc3c(=O)[nH]cnc3n2[C@H]2O[C@@H](CO)[C@@H](O)[C@@H]2O)cc1. The van der Waals surface area contributed by atoms with Crippen LogP contribution in [0, 0.1) is 0 Å². The van der Waals surface area contributed by atoms with Crippen LogP contribution in [0.2, 0.25) is 0 Å². The Hall–Kier alpha value is -2.99. The van der Waals surface area contributed by atoms with Crippen molar-refractivity contribution in [3.05, 3.63) is 40.9 Å². The molecule has 0 radical (unpaired) electrons. The molecule has 3 aromatic rings. The van der Waals surface area contributed by atoms with E-state index in [-0.39, 0.29) is 17.1 Å². The van der Waals surface area contributed by atoms with Gasteiger partial charge in [-0.1, -0.05) is 0 Å². The largest absolute Gasteiger partial charge is 0.497 e. The first-order valence-corrected chi connectivity index (χ1v) is 8.52. The third-order valence-electron chi connectivity index (χ3n) is 4.60. The summed E-state index contributed by atoms with van der Waals surface area (Å²) >= 11 is 0. The molecule has 0 spiro atoms. The van der Waals surface area contributed by atoms with Gasteiger partial charge in [-0.15, -0.1) is 0 Å². The molecule has 4 rings (SSSR count). The predicted octanol–water partition coefficient (Wildman–Crippen LogP) is -0.517. The average molecular weight is 389 g/mol. The summed E-state index contributed by atoms with van der Waals surface area (Å²) in [6.07, 6.45) is -3.53. The number of ether oxygens (including phenoxy) is 2. The fraction of sp³-hybridized carbons (Fsp3) is 0.353. The average Bonchev–Trinajstić information content (AvgIpc) is 3.21. The van der Waals surface area contributed by atoms with Crippen LogP contribution >= 0.6 is 0 Å². The minimum Gasteiger partial charge on any atom is -0.497 e. The molecule has 4 atom stereocenters. The van der Waals surface area contributed by atoms with Gasteiger partial charge in [0.05, 0.1) is 20.0 Å². The molecule has 0 aliphatic carbocycles. The van der Waals surface area contributed by atoms with Crippen molar-refractivity contribution in [1.29, 1.82) is 0 Å². The molecule has 0 bridgehead atoms. The summed E-state index contributed by atoms with van der Waals surface area (Å²) in [6, 6.07) is 6.98. The Kier molecular flexibility index (Phi) is 4.73. The first-order valence-electron chi connectivity index (χ1n) is 8.52. The molecule has 28 heavy (non-hydrogen) atoms. The zero-order valence-corrected chi connectivity index (χ0v) is 14.8. The normalized spacial score (nSPS) is 24.6. The van der Waals surface area contributed by atoms with Crippen molar-refractivity contribution in [1.82, 2.24) is 19.5 Å². The second kappa shape index (κ2) is 7.20. The number of hydrogen-bond donors (Lipinski definition) is 5. The van der Waals surface area contributed by atoms with E-state index in [0.717, 1.165) is 0 Å². The number of fused-ring (bicyclic) bond motifs is 1. The van der Waals surface area contributed by atoms with Crippen molar-refractivity contribution in [3.63, 3.8) is 0 Å². The van der Waals surface area contributed by atoms with E-state index >= 15 is 0 Å². The first-order chi connectivity index (χ1) is 13.5. The van der Waals surface area contributed by atoms with Crippen LogP contribution in [0.5, 0.6) is 5.75 Å². The van der Waals surface area contributed by atoms with Crippen LogP contribution in [-0.4, -0.2) is 66.9 Å². The van der Waals surface area contributed by atoms with Crippen LogP contribution in [0.1, 0.15) is 6.23 Å². The highest BCUT2D eigenvalue weighted by atomic mass is 16.6. The summed E-state index contributed by atoms with van der Waals surface area (Å²) in [5, 5.41) is 32.9. The second-order valence-corrected chi connectivity index (χ2v) is 6.29. The smallest absolute Gasteiger partial charge is 0.278 e. The zero-order chi connectivity index (χ0) is 19.8. The lowest BCUT2D eigenvalue weighted by atomic mass is 10.1. The number of hydrogen-bond acceptors (Lipinski definition) is 9. The number of methoxy groups -OCH3 is 1. The molecule has 11 heteroatoms. The summed E-state index contributed by atoms with van der Waals surface area (Å²) in [4.78, 5) is 23.0. The van der Waals surface area contributed by atoms with Gasteiger partial charge < -0.3 is 35.1 Å². The summed E-state index contributed by atoms with van der Waals surface area (Å²) in [6.45, 7) is -0.476. The molecular formula is C17H19N5O6. The monoisotopic (exact) mass is 389 g/mol. The molecule has 2 aromatic heterocycles. The number of rotatable bonds is 5. The Balaban J connectivity index is 1.80. The molecule has 0 saturated carbocycles. The molecule has 1 aliphatic rings. The number of H-pyrrole nitrogens is 1. The van der Waals surface area contributed by atoms with Gasteiger partial charge in [0.25, 0.3) is 5.56 Å². The van der Waals surface area contributed by atoms with Crippen molar-refractivity contribution < 1.29 is 24.8 Å². The third-order valence-corrected chi connectivity index (χ3v) is 4.60. The van der Waals surface area contributed by atoms with Gasteiger partial charge in [0.2, 0.25) is 5.95 Å². The molecule has 1 aliphatic heterocycles. The number of imidazole rings is 1. The Morgan fingerprint density at radius 3 is 2.68 bits per heavy atom. The minimum absolute atomic E-state index is 0.0382. The molecule has 0 unspecified atom stereocenters. The van der Waals surface area contributed by atoms with Crippen LogP contribution < -0.4 is 15.6 Å². The standard InChI is InChI=1S/C17H19N5O6/c1-27-9-4-2-8(3-5-9)20-17-21-11-14(18-7-19-15(11)26)22(17)16-13(25)12(24)10(6-23)28-16/h2-5,7,10,12-13,16,23-25H,6H2,1H3,(H,20,21)(H,18,19,26)/t10-,12+,13-,16-/m0/s1. The lowest BCUT2D eigenvalue weighted by Crippen LogP contribution is -2.33. The Labute approximate surface area is 158 Å². The maximum atomic E-state index is 12.2. The fourth-order valence-electron chi connectivity index (χ4n) is 3.15. The van der Waals surface area contributed by atoms with Crippen LogP contribution in [0.3, 0.4) is 0 Å². The minimum atomic E-state index is -1.35. The molecule has 1 fully saturated rings. The number of anilines is 2. The maximum Gasteiger partial charge on any atom is 0.278 e. The highest BCUT2D eigenvalue weighted by Crippen LogP contribution is 2.34. The van der Waals surface area contributed by atoms with Gasteiger partial charge in [-0.2, -0.15) is 0 Å². The first kappa shape index (κ1) is 18.4. The summed E-state index contributed by atoms with van der Waals surface area (Å²) < 4.78 is 12.1. The van der Waals surface area contributed by atoms with E-state index in [1.807, 2.05) is 0 Å². The number of aliphatic hydroxyl groups excluding tert-OH is 3. The van der Waals surface area contributed by atoms with Gasteiger partial charge in [-0.3, -0.25) is 9.36 Å². The van der Waals surface area contributed by atoms with Crippen LogP contribution in [0.15, 0.2) is 35.4 Å². The van der Waals surface area contributed by atoms with Gasteiger partial charge in [-0.05, 0) is 24.3 Å². The lowest BCUT2D eigenvalue weighted by molar-refractivity contribution is -0.0501. The van der Waals surface area contributed by atoms with E-state index in [4.69, 9.17) is 9.47 Å². The molecule has 11 nitrogen and oxygen atoms in total. The van der Waals surface area contributed by atoms with Crippen LogP contribution in [0.4, 0.5) is 11.6 Å². The molecule has 0 amide bonds. The molecule has 1 saturated heterocycles. The fourth-order valence-corrected chi connectivity index (χ4v) is 3.15. The quantitative estimate of drug-likeness (QED) is 0.388. The number of aliphatic hydroxyl groups is 3. The Bertz CT molecular complexity index is 1030. The Morgan fingerprint density at radius 1 is 1.29 bits per heavy atom. The van der Waals surface area contributed by atoms with Gasteiger partial charge >= 0.3 is 0 Å². The topological polar surface area (TPSA) is 155 Å². The van der Waals surface area contributed by atoms with Crippen molar-refractivity contribution in [2.45, 2.75) is 24.5 Å². The van der Waals surface area contributed by atoms with Gasteiger partial charge in [-0.25, -0.2) is 9.97 Å². The Morgan fingerprint density at radius 2 is 2.04 bits per heavy atom. The lowest BCUT2D eigenvalue weighted by Gasteiger charge is -2.19. The maximum absolute atomic E-state index is 12.2. The predicted molar refractivity (Wildman–Crippen MR) is 97.4 cm³/mol. The van der Waals surface area contributed by atoms with E-state index in [1.54, 1.807) is 31.4 Å². The van der Waals surface area contributed by atoms with Crippen molar-refractivity contribution in [2.24, 2.45) is 0 Å². The van der Waals surface area contributed by atoms with Gasteiger partial charge in [0.1, 0.15) is 24.1 Å². The number of nitrogens with zero attached hydrogens (tertiary/aromatic N) is 3. The number of aromatic amines is 1. The van der Waals surface area contributed by atoms with E-state index < -0.39 is 36.7 Å². The van der Waals surface area contributed by atoms with E-state index in [1.165, 1.54) is 10.9 Å². The highest BCUT2D eigenvalue weighted by Gasteiger charge is 2.45. The number of benzene rings is 1. The second-order valence-electron chi connectivity index (χ2n) is 6.29. The molecular weight excluding hydrogens is 370 g/mol. The zero-order valence-electron chi connectivity index (χ0n) is 14.8. The third kappa shape index (κ3) is 2.99.